The van der Waals surface area contributed by atoms with Gasteiger partial charge in [0.15, 0.2) is 0 Å². The Morgan fingerprint density at radius 2 is 1.88 bits per heavy atom. The van der Waals surface area contributed by atoms with Gasteiger partial charge in [-0.05, 0) is 19.8 Å². The number of hydrogen-bond acceptors (Lipinski definition) is 5. The van der Waals surface area contributed by atoms with Crippen LogP contribution in [0.25, 0.3) is 0 Å². The first-order valence-electron chi connectivity index (χ1n) is 8.74. The van der Waals surface area contributed by atoms with Crippen LogP contribution in [0.15, 0.2) is 14.6 Å². The first-order chi connectivity index (χ1) is 12.0. The highest BCUT2D eigenvalue weighted by atomic mass is 35.5. The molecule has 0 N–H and O–H groups in total. The molecule has 25 heavy (non-hydrogen) atoms. The summed E-state index contributed by atoms with van der Waals surface area (Å²) in [4.78, 5) is 41.0. The molecule has 0 saturated heterocycles. The zero-order valence-corrected chi connectivity index (χ0v) is 15.5. The number of fused-ring (bicyclic) bond motifs is 1. The van der Waals surface area contributed by atoms with E-state index in [-0.39, 0.29) is 36.6 Å². The van der Waals surface area contributed by atoms with Gasteiger partial charge in [-0.25, -0.2) is 9.79 Å². The number of esters is 1. The first kappa shape index (κ1) is 19.4. The summed E-state index contributed by atoms with van der Waals surface area (Å²) in [5, 5.41) is 0.319. The van der Waals surface area contributed by atoms with E-state index in [0.29, 0.717) is 36.1 Å². The van der Waals surface area contributed by atoms with Gasteiger partial charge in [0.25, 0.3) is 5.56 Å². The van der Waals surface area contributed by atoms with E-state index in [0.717, 1.165) is 19.3 Å². The Morgan fingerprint density at radius 1 is 1.16 bits per heavy atom. The highest BCUT2D eigenvalue weighted by Gasteiger charge is 2.24. The van der Waals surface area contributed by atoms with Crippen LogP contribution in [0.1, 0.15) is 51.5 Å². The molecule has 0 fully saturated rings. The average Bonchev–Trinajstić information content (AvgIpc) is 2.96. The molecule has 0 spiro atoms. The predicted octanol–water partition coefficient (Wildman–Crippen LogP) is 2.37. The van der Waals surface area contributed by atoms with Crippen molar-refractivity contribution in [2.24, 2.45) is 4.99 Å². The minimum Gasteiger partial charge on any atom is -0.466 e. The van der Waals surface area contributed by atoms with Crippen LogP contribution in [0, 0.1) is 0 Å². The van der Waals surface area contributed by atoms with Gasteiger partial charge in [0.1, 0.15) is 11.0 Å². The third-order valence-electron chi connectivity index (χ3n) is 4.09. The van der Waals surface area contributed by atoms with Crippen molar-refractivity contribution in [1.82, 2.24) is 9.13 Å². The Hall–Kier alpha value is -1.89. The summed E-state index contributed by atoms with van der Waals surface area (Å²) in [5.41, 5.74) is -0.300. The number of hydrogen-bond donors (Lipinski definition) is 0. The molecule has 0 radical (unpaired) electrons. The lowest BCUT2D eigenvalue weighted by Gasteiger charge is -2.14. The quantitative estimate of drug-likeness (QED) is 0.494. The molecule has 0 aliphatic carbocycles. The molecule has 0 atom stereocenters. The van der Waals surface area contributed by atoms with Crippen molar-refractivity contribution >= 4 is 28.6 Å². The molecule has 2 heterocycles. The Labute approximate surface area is 151 Å². The molecule has 0 unspecified atom stereocenters. The largest absolute Gasteiger partial charge is 0.466 e. The maximum absolute atomic E-state index is 12.7. The van der Waals surface area contributed by atoms with Gasteiger partial charge in [-0.3, -0.25) is 18.7 Å². The molecular weight excluding hydrogens is 346 g/mol. The third kappa shape index (κ3) is 4.60. The SMILES string of the molecule is CCCCCn1c2c(c(=O)n(CCCC(=O)OCC)c1=O)CC(Cl)=N2. The number of rotatable bonds is 9. The van der Waals surface area contributed by atoms with Gasteiger partial charge in [0.2, 0.25) is 0 Å². The fourth-order valence-electron chi connectivity index (χ4n) is 2.86. The Bertz CT molecular complexity index is 779. The van der Waals surface area contributed by atoms with E-state index >= 15 is 0 Å². The maximum atomic E-state index is 12.7. The molecule has 0 amide bonds. The summed E-state index contributed by atoms with van der Waals surface area (Å²) in [6.45, 7) is 4.81. The number of carbonyl (C=O) groups excluding carboxylic acids is 1. The lowest BCUT2D eigenvalue weighted by Crippen LogP contribution is -2.41. The lowest BCUT2D eigenvalue weighted by atomic mass is 10.2. The summed E-state index contributed by atoms with van der Waals surface area (Å²) >= 11 is 5.99. The highest BCUT2D eigenvalue weighted by molar-refractivity contribution is 6.66. The summed E-state index contributed by atoms with van der Waals surface area (Å²) in [5.74, 6) is 0.0594. The summed E-state index contributed by atoms with van der Waals surface area (Å²) in [7, 11) is 0. The van der Waals surface area contributed by atoms with Gasteiger partial charge in [-0.1, -0.05) is 31.4 Å². The Morgan fingerprint density at radius 3 is 2.56 bits per heavy atom. The Balaban J connectivity index is 2.27. The van der Waals surface area contributed by atoms with E-state index in [2.05, 4.69) is 11.9 Å². The number of halogens is 1. The second-order valence-corrected chi connectivity index (χ2v) is 6.41. The molecule has 1 aliphatic heterocycles. The van der Waals surface area contributed by atoms with E-state index in [1.165, 1.54) is 9.13 Å². The van der Waals surface area contributed by atoms with Crippen LogP contribution < -0.4 is 11.2 Å². The number of carbonyl (C=O) groups is 1. The van der Waals surface area contributed by atoms with Gasteiger partial charge in [0, 0.05) is 25.9 Å². The Kier molecular flexibility index (Phi) is 6.99. The van der Waals surface area contributed by atoms with Crippen LogP contribution in [0.3, 0.4) is 0 Å². The van der Waals surface area contributed by atoms with Crippen molar-refractivity contribution in [3.63, 3.8) is 0 Å². The number of aromatic nitrogens is 2. The van der Waals surface area contributed by atoms with Crippen molar-refractivity contribution in [3.05, 3.63) is 26.4 Å². The van der Waals surface area contributed by atoms with Crippen molar-refractivity contribution in [3.8, 4) is 0 Å². The molecule has 8 heteroatoms. The number of nitrogens with zero attached hydrogens (tertiary/aromatic N) is 3. The van der Waals surface area contributed by atoms with E-state index in [1.807, 2.05) is 0 Å². The fourth-order valence-corrected chi connectivity index (χ4v) is 3.07. The zero-order valence-electron chi connectivity index (χ0n) is 14.7. The van der Waals surface area contributed by atoms with Crippen LogP contribution >= 0.6 is 11.6 Å². The topological polar surface area (TPSA) is 82.7 Å². The van der Waals surface area contributed by atoms with E-state index in [9.17, 15) is 14.4 Å². The normalized spacial score (nSPS) is 12.8. The van der Waals surface area contributed by atoms with Gasteiger partial charge in [-0.2, -0.15) is 0 Å². The number of unbranched alkanes of at least 4 members (excludes halogenated alkanes) is 2. The van der Waals surface area contributed by atoms with Gasteiger partial charge >= 0.3 is 11.7 Å². The van der Waals surface area contributed by atoms with E-state index in [1.54, 1.807) is 6.92 Å². The zero-order chi connectivity index (χ0) is 18.4. The van der Waals surface area contributed by atoms with Crippen molar-refractivity contribution in [2.75, 3.05) is 6.61 Å². The van der Waals surface area contributed by atoms with Crippen molar-refractivity contribution < 1.29 is 9.53 Å². The van der Waals surface area contributed by atoms with Gasteiger partial charge in [-0.15, -0.1) is 0 Å². The van der Waals surface area contributed by atoms with Crippen molar-refractivity contribution in [1.29, 1.82) is 0 Å². The second-order valence-electron chi connectivity index (χ2n) is 5.97. The molecular formula is C17H24ClN3O4. The molecule has 0 saturated carbocycles. The summed E-state index contributed by atoms with van der Waals surface area (Å²) in [6, 6.07) is 0. The predicted molar refractivity (Wildman–Crippen MR) is 97.0 cm³/mol. The number of aliphatic imine (C=N–C) groups is 1. The van der Waals surface area contributed by atoms with Crippen molar-refractivity contribution in [2.45, 2.75) is 65.5 Å². The second kappa shape index (κ2) is 8.99. The molecule has 0 bridgehead atoms. The van der Waals surface area contributed by atoms with Crippen LogP contribution in [-0.4, -0.2) is 26.9 Å². The molecule has 2 rings (SSSR count). The molecule has 1 aliphatic rings. The fraction of sp³-hybridized carbons (Fsp3) is 0.647. The summed E-state index contributed by atoms with van der Waals surface area (Å²) in [6.07, 6.45) is 3.64. The van der Waals surface area contributed by atoms with Crippen LogP contribution in [0.5, 0.6) is 0 Å². The van der Waals surface area contributed by atoms with Crippen LogP contribution in [-0.2, 0) is 29.0 Å². The smallest absolute Gasteiger partial charge is 0.332 e. The van der Waals surface area contributed by atoms with Crippen LogP contribution in [0.2, 0.25) is 0 Å². The molecule has 138 valence electrons. The third-order valence-corrected chi connectivity index (χ3v) is 4.31. The van der Waals surface area contributed by atoms with E-state index in [4.69, 9.17) is 16.3 Å². The lowest BCUT2D eigenvalue weighted by molar-refractivity contribution is -0.143. The highest BCUT2D eigenvalue weighted by Crippen LogP contribution is 2.24. The standard InChI is InChI=1S/C17H24ClN3O4/c1-3-5-6-9-20-15-12(11-13(18)19-15)16(23)21(17(20)24)10-7-8-14(22)25-4-2/h3-11H2,1-2H3. The van der Waals surface area contributed by atoms with Gasteiger partial charge < -0.3 is 4.74 Å². The molecule has 1 aromatic heterocycles. The first-order valence-corrected chi connectivity index (χ1v) is 9.12. The van der Waals surface area contributed by atoms with Gasteiger partial charge in [0.05, 0.1) is 12.2 Å². The minimum absolute atomic E-state index is 0.171. The minimum atomic E-state index is -0.390. The maximum Gasteiger partial charge on any atom is 0.332 e. The molecule has 1 aromatic rings. The molecule has 7 nitrogen and oxygen atoms in total. The van der Waals surface area contributed by atoms with Crippen LogP contribution in [0.4, 0.5) is 5.82 Å². The molecule has 0 aromatic carbocycles. The average molecular weight is 370 g/mol. The van der Waals surface area contributed by atoms with E-state index < -0.39 is 0 Å². The number of ether oxygens (including phenoxy) is 1. The summed E-state index contributed by atoms with van der Waals surface area (Å²) < 4.78 is 7.60. The monoisotopic (exact) mass is 369 g/mol.